The average molecular weight is 272 g/mol. The number of piperidine rings is 1. The van der Waals surface area contributed by atoms with Gasteiger partial charge in [0.2, 0.25) is 5.91 Å². The van der Waals surface area contributed by atoms with E-state index >= 15 is 0 Å². The van der Waals surface area contributed by atoms with Crippen LogP contribution in [-0.4, -0.2) is 30.4 Å². The Morgan fingerprint density at radius 3 is 2.80 bits per heavy atom. The van der Waals surface area contributed by atoms with Gasteiger partial charge in [0.25, 0.3) is 0 Å². The smallest absolute Gasteiger partial charge is 0.249 e. The number of rotatable bonds is 4. The van der Waals surface area contributed by atoms with E-state index in [1.807, 2.05) is 12.1 Å². The third-order valence-corrected chi connectivity index (χ3v) is 4.00. The van der Waals surface area contributed by atoms with E-state index in [1.54, 1.807) is 12.1 Å². The first-order valence-electron chi connectivity index (χ1n) is 7.27. The van der Waals surface area contributed by atoms with Gasteiger partial charge in [0, 0.05) is 18.4 Å². The van der Waals surface area contributed by atoms with E-state index < -0.39 is 5.91 Å². The van der Waals surface area contributed by atoms with Crippen molar-refractivity contribution in [1.82, 2.24) is 4.90 Å². The lowest BCUT2D eigenvalue weighted by atomic mass is 10.1. The molecule has 0 saturated carbocycles. The topological polar surface area (TPSA) is 59.5 Å². The summed E-state index contributed by atoms with van der Waals surface area (Å²) in [4.78, 5) is 13.9. The molecule has 2 N–H and O–H groups in total. The number of primary amides is 1. The van der Waals surface area contributed by atoms with E-state index in [2.05, 4.69) is 4.90 Å². The second kappa shape index (κ2) is 5.67. The molecule has 4 nitrogen and oxygen atoms in total. The number of hydrogen-bond acceptors (Lipinski definition) is 3. The Morgan fingerprint density at radius 1 is 1.25 bits per heavy atom. The van der Waals surface area contributed by atoms with E-state index in [-0.39, 0.29) is 0 Å². The summed E-state index contributed by atoms with van der Waals surface area (Å²) < 4.78 is 5.82. The number of amides is 1. The first kappa shape index (κ1) is 13.2. The largest absolute Gasteiger partial charge is 0.461 e. The zero-order valence-electron chi connectivity index (χ0n) is 11.6. The van der Waals surface area contributed by atoms with Crippen LogP contribution in [0.2, 0.25) is 0 Å². The van der Waals surface area contributed by atoms with Crippen molar-refractivity contribution < 1.29 is 9.21 Å². The monoisotopic (exact) mass is 272 g/mol. The Bertz CT molecular complexity index is 612. The van der Waals surface area contributed by atoms with Gasteiger partial charge in [0.05, 0.1) is 5.56 Å². The van der Waals surface area contributed by atoms with E-state index in [4.69, 9.17) is 10.2 Å². The molecule has 4 heteroatoms. The standard InChI is InChI=1S/C16H20N2O2/c17-16(19)13-5-4-6-15-14(13)11-12(20-15)7-10-18-8-2-1-3-9-18/h4-6,11H,1-3,7-10H2,(H2,17,19). The molecule has 2 heterocycles. The molecule has 3 rings (SSSR count). The van der Waals surface area contributed by atoms with Crippen molar-refractivity contribution in [2.75, 3.05) is 19.6 Å². The third-order valence-electron chi connectivity index (χ3n) is 4.00. The van der Waals surface area contributed by atoms with E-state index in [0.29, 0.717) is 5.56 Å². The molecule has 0 aliphatic carbocycles. The second-order valence-electron chi connectivity index (χ2n) is 5.45. The van der Waals surface area contributed by atoms with Crippen LogP contribution in [0.4, 0.5) is 0 Å². The highest BCUT2D eigenvalue weighted by atomic mass is 16.3. The fraction of sp³-hybridized carbons (Fsp3) is 0.438. The Morgan fingerprint density at radius 2 is 2.05 bits per heavy atom. The highest BCUT2D eigenvalue weighted by Gasteiger charge is 2.13. The molecule has 0 bridgehead atoms. The molecule has 0 spiro atoms. The fourth-order valence-electron chi connectivity index (χ4n) is 2.90. The van der Waals surface area contributed by atoms with Crippen molar-refractivity contribution in [3.05, 3.63) is 35.6 Å². The molecule has 1 aliphatic heterocycles. The Hall–Kier alpha value is -1.81. The molecular formula is C16H20N2O2. The van der Waals surface area contributed by atoms with Crippen LogP contribution in [0.15, 0.2) is 28.7 Å². The quantitative estimate of drug-likeness (QED) is 0.930. The number of nitrogens with two attached hydrogens (primary N) is 1. The number of carbonyl (C=O) groups is 1. The van der Waals surface area contributed by atoms with E-state index in [9.17, 15) is 4.79 Å². The van der Waals surface area contributed by atoms with E-state index in [1.165, 1.54) is 32.4 Å². The zero-order valence-corrected chi connectivity index (χ0v) is 11.6. The van der Waals surface area contributed by atoms with Crippen molar-refractivity contribution in [2.24, 2.45) is 5.73 Å². The van der Waals surface area contributed by atoms with Gasteiger partial charge in [-0.2, -0.15) is 0 Å². The maximum absolute atomic E-state index is 11.4. The first-order chi connectivity index (χ1) is 9.74. The maximum Gasteiger partial charge on any atom is 0.249 e. The number of nitrogens with zero attached hydrogens (tertiary/aromatic N) is 1. The van der Waals surface area contributed by atoms with Crippen LogP contribution in [0.1, 0.15) is 35.4 Å². The van der Waals surface area contributed by atoms with Crippen LogP contribution >= 0.6 is 0 Å². The van der Waals surface area contributed by atoms with Crippen LogP contribution < -0.4 is 5.73 Å². The summed E-state index contributed by atoms with van der Waals surface area (Å²) >= 11 is 0. The lowest BCUT2D eigenvalue weighted by Gasteiger charge is -2.25. The molecule has 20 heavy (non-hydrogen) atoms. The fourth-order valence-corrected chi connectivity index (χ4v) is 2.90. The van der Waals surface area contributed by atoms with Crippen molar-refractivity contribution in [3.8, 4) is 0 Å². The predicted molar refractivity (Wildman–Crippen MR) is 78.7 cm³/mol. The lowest BCUT2D eigenvalue weighted by Crippen LogP contribution is -2.31. The summed E-state index contributed by atoms with van der Waals surface area (Å²) in [6.07, 6.45) is 4.83. The molecule has 1 aromatic heterocycles. The normalized spacial score (nSPS) is 16.6. The number of likely N-dealkylation sites (tertiary alicyclic amines) is 1. The molecule has 1 fully saturated rings. The zero-order chi connectivity index (χ0) is 13.9. The number of benzene rings is 1. The van der Waals surface area contributed by atoms with Crippen LogP contribution in [0, 0.1) is 0 Å². The van der Waals surface area contributed by atoms with Crippen LogP contribution in [0.3, 0.4) is 0 Å². The first-order valence-corrected chi connectivity index (χ1v) is 7.27. The SMILES string of the molecule is NC(=O)c1cccc2oc(CCN3CCCCC3)cc12. The summed E-state index contributed by atoms with van der Waals surface area (Å²) in [6.45, 7) is 3.39. The van der Waals surface area contributed by atoms with Gasteiger partial charge in [0.1, 0.15) is 11.3 Å². The van der Waals surface area contributed by atoms with Crippen molar-refractivity contribution in [3.63, 3.8) is 0 Å². The Kier molecular flexibility index (Phi) is 3.74. The minimum Gasteiger partial charge on any atom is -0.461 e. The summed E-state index contributed by atoms with van der Waals surface area (Å²) in [5.74, 6) is 0.526. The Balaban J connectivity index is 1.75. The Labute approximate surface area is 118 Å². The van der Waals surface area contributed by atoms with Gasteiger partial charge in [-0.15, -0.1) is 0 Å². The van der Waals surface area contributed by atoms with E-state index in [0.717, 1.165) is 29.7 Å². The van der Waals surface area contributed by atoms with Gasteiger partial charge in [-0.3, -0.25) is 4.79 Å². The molecule has 1 aromatic carbocycles. The number of furan rings is 1. The summed E-state index contributed by atoms with van der Waals surface area (Å²) in [5, 5.41) is 0.827. The number of hydrogen-bond donors (Lipinski definition) is 1. The number of carbonyl (C=O) groups excluding carboxylic acids is 1. The summed E-state index contributed by atoms with van der Waals surface area (Å²) in [5.41, 5.74) is 6.67. The molecule has 0 unspecified atom stereocenters. The molecule has 1 saturated heterocycles. The van der Waals surface area contributed by atoms with Crippen molar-refractivity contribution in [2.45, 2.75) is 25.7 Å². The maximum atomic E-state index is 11.4. The lowest BCUT2D eigenvalue weighted by molar-refractivity contribution is 0.100. The van der Waals surface area contributed by atoms with Gasteiger partial charge in [-0.25, -0.2) is 0 Å². The second-order valence-corrected chi connectivity index (χ2v) is 5.45. The minimum atomic E-state index is -0.404. The highest BCUT2D eigenvalue weighted by Crippen LogP contribution is 2.23. The summed E-state index contributed by atoms with van der Waals surface area (Å²) in [7, 11) is 0. The average Bonchev–Trinajstić information content (AvgIpc) is 2.88. The van der Waals surface area contributed by atoms with Crippen LogP contribution in [-0.2, 0) is 6.42 Å². The van der Waals surface area contributed by atoms with Gasteiger partial charge >= 0.3 is 0 Å². The van der Waals surface area contributed by atoms with Crippen molar-refractivity contribution in [1.29, 1.82) is 0 Å². The highest BCUT2D eigenvalue weighted by molar-refractivity contribution is 6.05. The van der Waals surface area contributed by atoms with Gasteiger partial charge < -0.3 is 15.1 Å². The van der Waals surface area contributed by atoms with Gasteiger partial charge in [-0.1, -0.05) is 12.5 Å². The summed E-state index contributed by atoms with van der Waals surface area (Å²) in [6, 6.07) is 7.39. The molecule has 1 amide bonds. The molecule has 0 atom stereocenters. The molecule has 106 valence electrons. The molecule has 1 aliphatic rings. The van der Waals surface area contributed by atoms with Crippen molar-refractivity contribution >= 4 is 16.9 Å². The third kappa shape index (κ3) is 2.70. The number of fused-ring (bicyclic) bond motifs is 1. The van der Waals surface area contributed by atoms with Gasteiger partial charge in [-0.05, 0) is 44.1 Å². The molecular weight excluding hydrogens is 252 g/mol. The molecule has 2 aromatic rings. The predicted octanol–water partition coefficient (Wildman–Crippen LogP) is 2.56. The van der Waals surface area contributed by atoms with Crippen LogP contribution in [0.5, 0.6) is 0 Å². The minimum absolute atomic E-state index is 0.404. The molecule has 0 radical (unpaired) electrons. The van der Waals surface area contributed by atoms with Crippen LogP contribution in [0.25, 0.3) is 11.0 Å². The van der Waals surface area contributed by atoms with Gasteiger partial charge in [0.15, 0.2) is 0 Å².